The zero-order valence-corrected chi connectivity index (χ0v) is 11.7. The third-order valence-corrected chi connectivity index (χ3v) is 3.61. The number of nitrogens with one attached hydrogen (secondary N) is 2. The van der Waals surface area contributed by atoms with Crippen LogP contribution in [0, 0.1) is 18.6 Å². The Balaban J connectivity index is 1.84. The van der Waals surface area contributed by atoms with Crippen molar-refractivity contribution in [2.45, 2.75) is 13.5 Å². The summed E-state index contributed by atoms with van der Waals surface area (Å²) in [5, 5.41) is 5.15. The lowest BCUT2D eigenvalue weighted by Gasteiger charge is -2.08. The molecule has 0 aliphatic carbocycles. The highest BCUT2D eigenvalue weighted by molar-refractivity contribution is 7.11. The first-order valence-electron chi connectivity index (χ1n) is 6.06. The van der Waals surface area contributed by atoms with Crippen LogP contribution >= 0.6 is 11.3 Å². The fourth-order valence-corrected chi connectivity index (χ4v) is 2.54. The molecule has 1 aromatic carbocycles. The second-order valence-corrected chi connectivity index (χ2v) is 5.63. The number of aryl methyl sites for hydroxylation is 1. The Morgan fingerprint density at radius 3 is 2.50 bits per heavy atom. The van der Waals surface area contributed by atoms with E-state index in [9.17, 15) is 13.6 Å². The fraction of sp³-hybridized carbons (Fsp3) is 0.214. The van der Waals surface area contributed by atoms with Crippen LogP contribution in [0.4, 0.5) is 14.5 Å². The summed E-state index contributed by atoms with van der Waals surface area (Å²) in [7, 11) is 0. The van der Waals surface area contributed by atoms with Crippen LogP contribution in [0.2, 0.25) is 0 Å². The first kappa shape index (κ1) is 14.6. The summed E-state index contributed by atoms with van der Waals surface area (Å²) in [5.74, 6) is -2.05. The van der Waals surface area contributed by atoms with Crippen LogP contribution in [-0.2, 0) is 11.3 Å². The zero-order chi connectivity index (χ0) is 14.5. The number of hydrogen-bond acceptors (Lipinski definition) is 3. The molecule has 0 spiro atoms. The lowest BCUT2D eigenvalue weighted by atomic mass is 10.3. The van der Waals surface area contributed by atoms with Gasteiger partial charge in [0, 0.05) is 16.3 Å². The molecular formula is C14H14F2N2OS. The molecule has 3 nitrogen and oxygen atoms in total. The number of carbonyl (C=O) groups excluding carboxylic acids is 1. The van der Waals surface area contributed by atoms with Gasteiger partial charge in [-0.25, -0.2) is 8.78 Å². The van der Waals surface area contributed by atoms with E-state index in [-0.39, 0.29) is 6.54 Å². The molecule has 0 aliphatic rings. The van der Waals surface area contributed by atoms with Crippen LogP contribution in [0.15, 0.2) is 30.3 Å². The molecule has 2 aromatic rings. The molecule has 1 amide bonds. The van der Waals surface area contributed by atoms with Crippen molar-refractivity contribution >= 4 is 22.9 Å². The van der Waals surface area contributed by atoms with Gasteiger partial charge in [0.05, 0.1) is 6.54 Å². The Hall–Kier alpha value is -1.79. The molecule has 0 saturated heterocycles. The minimum atomic E-state index is -0.785. The van der Waals surface area contributed by atoms with Gasteiger partial charge < -0.3 is 10.6 Å². The molecule has 1 heterocycles. The van der Waals surface area contributed by atoms with E-state index < -0.39 is 23.2 Å². The molecule has 1 aromatic heterocycles. The quantitative estimate of drug-likeness (QED) is 0.890. The van der Waals surface area contributed by atoms with Crippen molar-refractivity contribution in [2.24, 2.45) is 0 Å². The van der Waals surface area contributed by atoms with Crippen molar-refractivity contribution in [3.05, 3.63) is 51.7 Å². The van der Waals surface area contributed by atoms with Crippen molar-refractivity contribution in [1.82, 2.24) is 5.32 Å². The second kappa shape index (κ2) is 6.58. The van der Waals surface area contributed by atoms with Crippen LogP contribution in [0.1, 0.15) is 9.75 Å². The van der Waals surface area contributed by atoms with E-state index in [1.165, 1.54) is 10.9 Å². The second-order valence-electron chi connectivity index (χ2n) is 4.26. The average molecular weight is 296 g/mol. The van der Waals surface area contributed by atoms with Crippen LogP contribution in [0.5, 0.6) is 0 Å². The van der Waals surface area contributed by atoms with E-state index in [1.807, 2.05) is 19.1 Å². The summed E-state index contributed by atoms with van der Waals surface area (Å²) in [4.78, 5) is 13.9. The number of hydrogen-bond donors (Lipinski definition) is 2. The van der Waals surface area contributed by atoms with Crippen molar-refractivity contribution < 1.29 is 13.6 Å². The summed E-state index contributed by atoms with van der Waals surface area (Å²) < 4.78 is 26.7. The monoisotopic (exact) mass is 296 g/mol. The van der Waals surface area contributed by atoms with E-state index in [1.54, 1.807) is 11.3 Å². The maximum Gasteiger partial charge on any atom is 0.238 e. The van der Waals surface area contributed by atoms with Gasteiger partial charge in [0.15, 0.2) is 0 Å². The molecule has 0 unspecified atom stereocenters. The van der Waals surface area contributed by atoms with Crippen LogP contribution in [0.25, 0.3) is 0 Å². The summed E-state index contributed by atoms with van der Waals surface area (Å²) in [5.41, 5.74) is -0.411. The Morgan fingerprint density at radius 2 is 1.90 bits per heavy atom. The maximum atomic E-state index is 13.3. The molecule has 0 saturated carbocycles. The van der Waals surface area contributed by atoms with Crippen molar-refractivity contribution in [3.8, 4) is 0 Å². The van der Waals surface area contributed by atoms with Crippen molar-refractivity contribution in [3.63, 3.8) is 0 Å². The lowest BCUT2D eigenvalue weighted by Crippen LogP contribution is -2.28. The summed E-state index contributed by atoms with van der Waals surface area (Å²) in [6.07, 6.45) is 0. The number of thiophene rings is 1. The smallest absolute Gasteiger partial charge is 0.238 e. The molecule has 0 fully saturated rings. The van der Waals surface area contributed by atoms with Gasteiger partial charge in [-0.1, -0.05) is 6.07 Å². The Labute approximate surface area is 119 Å². The average Bonchev–Trinajstić information content (AvgIpc) is 2.80. The van der Waals surface area contributed by atoms with Crippen molar-refractivity contribution in [1.29, 1.82) is 0 Å². The maximum absolute atomic E-state index is 13.3. The van der Waals surface area contributed by atoms with Gasteiger partial charge in [-0.15, -0.1) is 11.3 Å². The number of para-hydroxylation sites is 1. The minimum Gasteiger partial charge on any atom is -0.320 e. The predicted molar refractivity (Wildman–Crippen MR) is 75.8 cm³/mol. The minimum absolute atomic E-state index is 0.00920. The number of amides is 1. The van der Waals surface area contributed by atoms with Gasteiger partial charge in [0.1, 0.15) is 17.3 Å². The SMILES string of the molecule is Cc1ccc(CNCC(=O)Nc2c(F)cccc2F)s1. The molecule has 2 N–H and O–H groups in total. The highest BCUT2D eigenvalue weighted by Crippen LogP contribution is 2.17. The van der Waals surface area contributed by atoms with Gasteiger partial charge in [0.2, 0.25) is 5.91 Å². The third kappa shape index (κ3) is 3.85. The molecule has 0 bridgehead atoms. The molecule has 0 radical (unpaired) electrons. The number of anilines is 1. The summed E-state index contributed by atoms with van der Waals surface area (Å²) in [6, 6.07) is 7.41. The Morgan fingerprint density at radius 1 is 1.20 bits per heavy atom. The number of carbonyl (C=O) groups is 1. The van der Waals surface area contributed by atoms with Crippen LogP contribution < -0.4 is 10.6 Å². The zero-order valence-electron chi connectivity index (χ0n) is 10.9. The standard InChI is InChI=1S/C14H14F2N2OS/c1-9-5-6-10(20-9)7-17-8-13(19)18-14-11(15)3-2-4-12(14)16/h2-6,17H,7-8H2,1H3,(H,18,19). The number of halogens is 2. The third-order valence-electron chi connectivity index (χ3n) is 2.61. The van der Waals surface area contributed by atoms with Gasteiger partial charge in [-0.05, 0) is 31.2 Å². The predicted octanol–water partition coefficient (Wildman–Crippen LogP) is 3.06. The van der Waals surface area contributed by atoms with E-state index in [0.29, 0.717) is 6.54 Å². The Kier molecular flexibility index (Phi) is 4.81. The summed E-state index contributed by atoms with van der Waals surface area (Å²) in [6.45, 7) is 2.54. The first-order chi connectivity index (χ1) is 9.56. The van der Waals surface area contributed by atoms with E-state index in [2.05, 4.69) is 10.6 Å². The van der Waals surface area contributed by atoms with Gasteiger partial charge in [-0.2, -0.15) is 0 Å². The molecule has 20 heavy (non-hydrogen) atoms. The van der Waals surface area contributed by atoms with Gasteiger partial charge >= 0.3 is 0 Å². The highest BCUT2D eigenvalue weighted by atomic mass is 32.1. The van der Waals surface area contributed by atoms with Crippen LogP contribution in [-0.4, -0.2) is 12.5 Å². The highest BCUT2D eigenvalue weighted by Gasteiger charge is 2.11. The van der Waals surface area contributed by atoms with Gasteiger partial charge in [-0.3, -0.25) is 4.79 Å². The Bertz CT molecular complexity index is 593. The molecule has 0 aliphatic heterocycles. The largest absolute Gasteiger partial charge is 0.320 e. The molecule has 6 heteroatoms. The van der Waals surface area contributed by atoms with Crippen LogP contribution in [0.3, 0.4) is 0 Å². The molecule has 2 rings (SSSR count). The number of rotatable bonds is 5. The van der Waals surface area contributed by atoms with E-state index >= 15 is 0 Å². The molecular weight excluding hydrogens is 282 g/mol. The van der Waals surface area contributed by atoms with Crippen molar-refractivity contribution in [2.75, 3.05) is 11.9 Å². The molecule has 0 atom stereocenters. The van der Waals surface area contributed by atoms with Gasteiger partial charge in [0.25, 0.3) is 0 Å². The topological polar surface area (TPSA) is 41.1 Å². The fourth-order valence-electron chi connectivity index (χ4n) is 1.68. The summed E-state index contributed by atoms with van der Waals surface area (Å²) >= 11 is 1.63. The van der Waals surface area contributed by atoms with E-state index in [0.717, 1.165) is 17.0 Å². The first-order valence-corrected chi connectivity index (χ1v) is 6.88. The molecule has 106 valence electrons. The lowest BCUT2D eigenvalue weighted by molar-refractivity contribution is -0.115. The number of benzene rings is 1. The normalized spacial score (nSPS) is 10.6. The van der Waals surface area contributed by atoms with E-state index in [4.69, 9.17) is 0 Å².